The van der Waals surface area contributed by atoms with Gasteiger partial charge in [0.1, 0.15) is 29.7 Å². The van der Waals surface area contributed by atoms with Crippen LogP contribution in [0.4, 0.5) is 8.78 Å². The highest BCUT2D eigenvalue weighted by molar-refractivity contribution is 5.32. The Morgan fingerprint density at radius 2 is 1.73 bits per heavy atom. The summed E-state index contributed by atoms with van der Waals surface area (Å²) in [4.78, 5) is 0. The summed E-state index contributed by atoms with van der Waals surface area (Å²) in [5.41, 5.74) is 0.475. The van der Waals surface area contributed by atoms with E-state index < -0.39 is 11.6 Å². The van der Waals surface area contributed by atoms with Crippen molar-refractivity contribution in [3.05, 3.63) is 48.6 Å². The molecule has 0 aliphatic rings. The van der Waals surface area contributed by atoms with Crippen molar-refractivity contribution in [2.45, 2.75) is 0 Å². The van der Waals surface area contributed by atoms with Gasteiger partial charge >= 0.3 is 0 Å². The molecule has 0 radical (unpaired) electrons. The molecule has 0 unspecified atom stereocenters. The molecule has 1 aromatic heterocycles. The van der Waals surface area contributed by atoms with E-state index in [1.807, 2.05) is 7.05 Å². The number of hydrogen-bond acceptors (Lipinski definition) is 0. The molecule has 0 N–H and O–H groups in total. The molecule has 0 saturated heterocycles. The number of rotatable bonds is 1. The van der Waals surface area contributed by atoms with Gasteiger partial charge in [0, 0.05) is 18.2 Å². The minimum Gasteiger partial charge on any atom is -1.00 e. The van der Waals surface area contributed by atoms with Gasteiger partial charge in [-0.15, -0.1) is 0 Å². The van der Waals surface area contributed by atoms with E-state index in [9.17, 15) is 8.78 Å². The van der Waals surface area contributed by atoms with E-state index in [0.717, 1.165) is 6.07 Å². The van der Waals surface area contributed by atoms with Gasteiger partial charge in [-0.1, -0.05) is 0 Å². The van der Waals surface area contributed by atoms with Gasteiger partial charge in [-0.05, 0) is 0 Å². The fourth-order valence-electron chi connectivity index (χ4n) is 1.29. The van der Waals surface area contributed by atoms with Crippen LogP contribution < -0.4 is 28.5 Å². The second-order valence-corrected chi connectivity index (χ2v) is 3.11. The summed E-state index contributed by atoms with van der Waals surface area (Å²) in [5.74, 6) is -1.15. The quantitative estimate of drug-likeness (QED) is 0.450. The van der Waals surface area contributed by atoms with Crippen LogP contribution in [0, 0.1) is 11.6 Å². The van der Waals surface area contributed by atoms with Gasteiger partial charge in [0.25, 0.3) is 0 Å². The first-order chi connectivity index (χ1) is 6.65. The Bertz CT molecular complexity index is 448. The summed E-state index contributed by atoms with van der Waals surface area (Å²) in [6, 6.07) is 3.42. The number of halogens is 3. The molecule has 0 spiro atoms. The summed E-state index contributed by atoms with van der Waals surface area (Å²) < 4.78 is 29.2. The Morgan fingerprint density at radius 1 is 1.13 bits per heavy atom. The third-order valence-electron chi connectivity index (χ3n) is 1.91. The molecule has 1 heterocycles. The lowest BCUT2D eigenvalue weighted by molar-refractivity contribution is -0.670. The van der Waals surface area contributed by atoms with Crippen LogP contribution in [0.3, 0.4) is 0 Å². The lowest BCUT2D eigenvalue weighted by Crippen LogP contribution is -3.00. The molecular weight excluding hydrogens is 313 g/mol. The number of imidazole rings is 1. The van der Waals surface area contributed by atoms with E-state index in [2.05, 4.69) is 0 Å². The molecule has 5 heteroatoms. The first-order valence-electron chi connectivity index (χ1n) is 4.15. The van der Waals surface area contributed by atoms with E-state index in [-0.39, 0.29) is 24.0 Å². The van der Waals surface area contributed by atoms with Crippen molar-refractivity contribution < 1.29 is 37.3 Å². The van der Waals surface area contributed by atoms with Crippen molar-refractivity contribution in [1.82, 2.24) is 4.57 Å². The van der Waals surface area contributed by atoms with Crippen molar-refractivity contribution in [3.63, 3.8) is 0 Å². The molecule has 0 amide bonds. The Balaban J connectivity index is 0.00000112. The van der Waals surface area contributed by atoms with Crippen LogP contribution in [0.5, 0.6) is 0 Å². The van der Waals surface area contributed by atoms with Crippen molar-refractivity contribution in [2.75, 3.05) is 0 Å². The van der Waals surface area contributed by atoms with Gasteiger partial charge in [-0.25, -0.2) is 17.9 Å². The van der Waals surface area contributed by atoms with E-state index >= 15 is 0 Å². The summed E-state index contributed by atoms with van der Waals surface area (Å²) in [6.07, 6.45) is 5.26. The van der Waals surface area contributed by atoms with E-state index in [4.69, 9.17) is 0 Å². The Labute approximate surface area is 103 Å². The molecule has 80 valence electrons. The maximum Gasteiger partial charge on any atom is 0.248 e. The smallest absolute Gasteiger partial charge is 0.248 e. The molecule has 0 saturated carbocycles. The number of aryl methyl sites for hydroxylation is 1. The van der Waals surface area contributed by atoms with Gasteiger partial charge in [-0.2, -0.15) is 0 Å². The third-order valence-corrected chi connectivity index (χ3v) is 1.91. The van der Waals surface area contributed by atoms with Crippen LogP contribution in [0.25, 0.3) is 5.69 Å². The van der Waals surface area contributed by atoms with Gasteiger partial charge in [-0.3, -0.25) is 0 Å². The number of benzene rings is 1. The molecular formula is C10H9F2IN2. The zero-order valence-electron chi connectivity index (χ0n) is 7.99. The first-order valence-corrected chi connectivity index (χ1v) is 4.15. The highest BCUT2D eigenvalue weighted by Crippen LogP contribution is 2.11. The van der Waals surface area contributed by atoms with Crippen molar-refractivity contribution in [1.29, 1.82) is 0 Å². The summed E-state index contributed by atoms with van der Waals surface area (Å²) in [7, 11) is 1.84. The van der Waals surface area contributed by atoms with E-state index in [0.29, 0.717) is 5.69 Å². The number of nitrogens with zero attached hydrogens (tertiary/aromatic N) is 2. The standard InChI is InChI=1S/C10H9F2N2.HI/c1-13-2-3-14(7-13)10-5-8(11)4-9(12)6-10;/h2-7H,1H3;1H/q+1;/p-1. The highest BCUT2D eigenvalue weighted by Gasteiger charge is 2.07. The molecule has 1 aromatic carbocycles. The van der Waals surface area contributed by atoms with Crippen LogP contribution in [0.1, 0.15) is 0 Å². The minimum atomic E-state index is -0.573. The SMILES string of the molecule is C[n+]1ccn(-c2cc(F)cc(F)c2)c1.[I-]. The Kier molecular flexibility index (Phi) is 3.78. The third kappa shape index (κ3) is 2.74. The first kappa shape index (κ1) is 12.1. The van der Waals surface area contributed by atoms with Crippen molar-refractivity contribution >= 4 is 0 Å². The Hall–Kier alpha value is -0.980. The van der Waals surface area contributed by atoms with Crippen LogP contribution in [0.2, 0.25) is 0 Å². The topological polar surface area (TPSA) is 8.81 Å². The molecule has 15 heavy (non-hydrogen) atoms. The number of aromatic nitrogens is 2. The van der Waals surface area contributed by atoms with Gasteiger partial charge in [0.2, 0.25) is 6.33 Å². The lowest BCUT2D eigenvalue weighted by atomic mass is 10.3. The van der Waals surface area contributed by atoms with Crippen molar-refractivity contribution in [2.24, 2.45) is 7.05 Å². The zero-order chi connectivity index (χ0) is 10.1. The second-order valence-electron chi connectivity index (χ2n) is 3.11. The molecule has 0 bridgehead atoms. The summed E-state index contributed by atoms with van der Waals surface area (Å²) in [5, 5.41) is 0. The molecule has 0 atom stereocenters. The van der Waals surface area contributed by atoms with Crippen LogP contribution >= 0.6 is 0 Å². The number of hydrogen-bond donors (Lipinski definition) is 0. The Morgan fingerprint density at radius 3 is 2.20 bits per heavy atom. The predicted octanol–water partition coefficient (Wildman–Crippen LogP) is -1.42. The summed E-state index contributed by atoms with van der Waals surface area (Å²) in [6.45, 7) is 0. The van der Waals surface area contributed by atoms with E-state index in [1.165, 1.54) is 12.1 Å². The molecule has 0 fully saturated rings. The molecule has 0 aliphatic carbocycles. The maximum absolute atomic E-state index is 12.9. The monoisotopic (exact) mass is 322 g/mol. The molecule has 2 rings (SSSR count). The van der Waals surface area contributed by atoms with Gasteiger partial charge in [0.05, 0.1) is 7.05 Å². The summed E-state index contributed by atoms with van der Waals surface area (Å²) >= 11 is 0. The lowest BCUT2D eigenvalue weighted by Gasteiger charge is -1.96. The fourth-order valence-corrected chi connectivity index (χ4v) is 1.29. The van der Waals surface area contributed by atoms with Crippen molar-refractivity contribution in [3.8, 4) is 5.69 Å². The highest BCUT2D eigenvalue weighted by atomic mass is 127. The minimum absolute atomic E-state index is 0. The van der Waals surface area contributed by atoms with Crippen LogP contribution in [-0.4, -0.2) is 4.57 Å². The molecule has 0 aliphatic heterocycles. The average Bonchev–Trinajstić information content (AvgIpc) is 2.50. The maximum atomic E-state index is 12.9. The van der Waals surface area contributed by atoms with Gasteiger partial charge in [0.15, 0.2) is 0 Å². The predicted molar refractivity (Wildman–Crippen MR) is 46.9 cm³/mol. The molecule has 2 nitrogen and oxygen atoms in total. The zero-order valence-corrected chi connectivity index (χ0v) is 10.1. The second kappa shape index (κ2) is 4.69. The normalized spacial score (nSPS) is 9.80. The van der Waals surface area contributed by atoms with E-state index in [1.54, 1.807) is 27.9 Å². The fraction of sp³-hybridized carbons (Fsp3) is 0.100. The van der Waals surface area contributed by atoms with Gasteiger partial charge < -0.3 is 24.0 Å². The largest absolute Gasteiger partial charge is 1.00 e. The molecule has 2 aromatic rings. The van der Waals surface area contributed by atoms with Crippen LogP contribution in [0.15, 0.2) is 36.9 Å². The van der Waals surface area contributed by atoms with Crippen LogP contribution in [-0.2, 0) is 7.05 Å². The average molecular weight is 322 g/mol.